The molecule has 0 fully saturated rings. The van der Waals surface area contributed by atoms with Crippen molar-refractivity contribution in [2.75, 3.05) is 5.06 Å². The zero-order valence-corrected chi connectivity index (χ0v) is 7.88. The lowest BCUT2D eigenvalue weighted by atomic mass is 10.3. The maximum absolute atomic E-state index is 10.6. The van der Waals surface area contributed by atoms with Gasteiger partial charge >= 0.3 is 5.97 Å². The Morgan fingerprint density at radius 2 is 2.08 bits per heavy atom. The molecule has 0 atom stereocenters. The molecule has 0 saturated heterocycles. The summed E-state index contributed by atoms with van der Waals surface area (Å²) in [5.74, 6) is -0.429. The highest BCUT2D eigenvalue weighted by Gasteiger charge is 2.05. The van der Waals surface area contributed by atoms with E-state index in [2.05, 4.69) is 17.7 Å². The third-order valence-corrected chi connectivity index (χ3v) is 1.46. The lowest BCUT2D eigenvalue weighted by Crippen LogP contribution is -2.23. The Morgan fingerprint density at radius 1 is 1.46 bits per heavy atom. The summed E-state index contributed by atoms with van der Waals surface area (Å²) in [5.41, 5.74) is 3.00. The molecule has 1 aromatic carbocycles. The average Bonchev–Trinajstić information content (AvgIpc) is 2.15. The second-order valence-electron chi connectivity index (χ2n) is 2.30. The van der Waals surface area contributed by atoms with Crippen LogP contribution < -0.4 is 5.06 Å². The van der Waals surface area contributed by atoms with E-state index in [-0.39, 0.29) is 0 Å². The van der Waals surface area contributed by atoms with Gasteiger partial charge in [-0.1, -0.05) is 30.4 Å². The predicted molar refractivity (Wildman–Crippen MR) is 53.3 cm³/mol. The first-order valence-electron chi connectivity index (χ1n) is 3.65. The molecule has 0 aliphatic carbocycles. The van der Waals surface area contributed by atoms with Crippen LogP contribution >= 0.6 is 12.2 Å². The molecule has 0 spiro atoms. The molecule has 0 aliphatic heterocycles. The highest BCUT2D eigenvalue weighted by Crippen LogP contribution is 2.11. The second kappa shape index (κ2) is 4.57. The van der Waals surface area contributed by atoms with Crippen LogP contribution in [0.15, 0.2) is 30.3 Å². The molecular weight excluding hydrogens is 186 g/mol. The number of hydrogen-bond donors (Lipinski definition) is 0. The number of carbonyl (C=O) groups is 1. The van der Waals surface area contributed by atoms with Gasteiger partial charge in [-0.15, -0.1) is 0 Å². The largest absolute Gasteiger partial charge is 0.335 e. The first-order chi connectivity index (χ1) is 6.24. The predicted octanol–water partition coefficient (Wildman–Crippen LogP) is 1.81. The maximum Gasteiger partial charge on any atom is 0.329 e. The summed E-state index contributed by atoms with van der Waals surface area (Å²) in [6.45, 7) is 1.31. The number of anilines is 1. The molecule has 0 aliphatic rings. The van der Waals surface area contributed by atoms with Gasteiger partial charge in [-0.3, -0.25) is 0 Å². The summed E-state index contributed by atoms with van der Waals surface area (Å²) >= 11 is 4.57. The van der Waals surface area contributed by atoms with Gasteiger partial charge in [-0.25, -0.2) is 4.79 Å². The molecule has 1 rings (SSSR count). The number of para-hydroxylation sites is 1. The number of hydrogen-bond acceptors (Lipinski definition) is 3. The minimum atomic E-state index is -0.429. The van der Waals surface area contributed by atoms with Gasteiger partial charge in [0.25, 0.3) is 0 Å². The van der Waals surface area contributed by atoms with E-state index in [9.17, 15) is 4.79 Å². The summed E-state index contributed by atoms with van der Waals surface area (Å²) in [7, 11) is 0. The Balaban J connectivity index is 2.78. The van der Waals surface area contributed by atoms with Crippen LogP contribution in [0.2, 0.25) is 0 Å². The Morgan fingerprint density at radius 3 is 2.54 bits per heavy atom. The van der Waals surface area contributed by atoms with Crippen molar-refractivity contribution >= 4 is 29.4 Å². The first-order valence-corrected chi connectivity index (χ1v) is 4.06. The van der Waals surface area contributed by atoms with Gasteiger partial charge in [0.2, 0.25) is 0 Å². The molecule has 0 heterocycles. The molecule has 3 nitrogen and oxygen atoms in total. The van der Waals surface area contributed by atoms with E-state index in [0.29, 0.717) is 5.69 Å². The molecule has 0 aromatic heterocycles. The van der Waals surface area contributed by atoms with Gasteiger partial charge in [0.05, 0.1) is 5.69 Å². The minimum absolute atomic E-state index is 0.429. The van der Waals surface area contributed by atoms with Crippen LogP contribution in [0.1, 0.15) is 6.92 Å². The van der Waals surface area contributed by atoms with E-state index in [1.807, 2.05) is 18.2 Å². The fourth-order valence-corrected chi connectivity index (χ4v) is 0.959. The molecule has 0 amide bonds. The van der Waals surface area contributed by atoms with Crippen molar-refractivity contribution in [3.8, 4) is 0 Å². The molecule has 0 saturated carbocycles. The van der Waals surface area contributed by atoms with Crippen LogP contribution in [0.5, 0.6) is 0 Å². The summed E-state index contributed by atoms with van der Waals surface area (Å²) < 4.78 is 0. The lowest BCUT2D eigenvalue weighted by molar-refractivity contribution is -0.140. The average molecular weight is 194 g/mol. The quantitative estimate of drug-likeness (QED) is 0.417. The van der Waals surface area contributed by atoms with Crippen LogP contribution in [0.25, 0.3) is 0 Å². The van der Waals surface area contributed by atoms with Crippen LogP contribution in [0.4, 0.5) is 5.69 Å². The van der Waals surface area contributed by atoms with Crippen LogP contribution in [0.3, 0.4) is 0 Å². The monoisotopic (exact) mass is 194 g/mol. The van der Waals surface area contributed by atoms with Crippen molar-refractivity contribution in [2.45, 2.75) is 6.92 Å². The molecular formula is C9H8NO2S. The molecule has 1 aromatic rings. The van der Waals surface area contributed by atoms with E-state index in [4.69, 9.17) is 4.84 Å². The fraction of sp³-hybridized carbons (Fsp3) is 0.111. The summed E-state index contributed by atoms with van der Waals surface area (Å²) in [5, 5.41) is 1.12. The van der Waals surface area contributed by atoms with Crippen molar-refractivity contribution in [1.82, 2.24) is 0 Å². The highest BCUT2D eigenvalue weighted by molar-refractivity contribution is 7.79. The van der Waals surface area contributed by atoms with Crippen molar-refractivity contribution in [2.24, 2.45) is 0 Å². The van der Waals surface area contributed by atoms with Crippen molar-refractivity contribution < 1.29 is 9.63 Å². The van der Waals surface area contributed by atoms with Gasteiger partial charge in [0.15, 0.2) is 5.49 Å². The van der Waals surface area contributed by atoms with E-state index in [0.717, 1.165) is 5.06 Å². The molecule has 0 N–H and O–H groups in total. The van der Waals surface area contributed by atoms with Crippen molar-refractivity contribution in [3.05, 3.63) is 30.3 Å². The van der Waals surface area contributed by atoms with Gasteiger partial charge in [-0.05, 0) is 12.1 Å². The maximum atomic E-state index is 10.6. The van der Waals surface area contributed by atoms with Gasteiger partial charge in [-0.2, -0.15) is 5.06 Å². The molecule has 4 heteroatoms. The number of thiocarbonyl (C=S) groups is 1. The van der Waals surface area contributed by atoms with Crippen molar-refractivity contribution in [1.29, 1.82) is 0 Å². The third-order valence-electron chi connectivity index (χ3n) is 1.29. The van der Waals surface area contributed by atoms with Crippen LogP contribution in [-0.2, 0) is 9.63 Å². The minimum Gasteiger partial charge on any atom is -0.335 e. The van der Waals surface area contributed by atoms with Crippen LogP contribution in [-0.4, -0.2) is 11.5 Å². The van der Waals surface area contributed by atoms with E-state index < -0.39 is 5.97 Å². The molecule has 1 radical (unpaired) electrons. The smallest absolute Gasteiger partial charge is 0.329 e. The Bertz CT molecular complexity index is 300. The van der Waals surface area contributed by atoms with Gasteiger partial charge in [0, 0.05) is 6.92 Å². The Hall–Kier alpha value is -1.42. The summed E-state index contributed by atoms with van der Waals surface area (Å²) in [6, 6.07) is 9.03. The molecule has 0 unspecified atom stereocenters. The first kappa shape index (κ1) is 9.67. The zero-order chi connectivity index (χ0) is 9.68. The number of benzene rings is 1. The number of rotatable bonds is 3. The SMILES string of the molecule is CC(=O)ON([C]=S)c1ccccc1. The van der Waals surface area contributed by atoms with Crippen molar-refractivity contribution in [3.63, 3.8) is 0 Å². The summed E-state index contributed by atoms with van der Waals surface area (Å²) in [6.07, 6.45) is 0. The topological polar surface area (TPSA) is 29.5 Å². The molecule has 0 bridgehead atoms. The normalized spacial score (nSPS) is 9.00. The zero-order valence-electron chi connectivity index (χ0n) is 7.06. The van der Waals surface area contributed by atoms with Gasteiger partial charge in [0.1, 0.15) is 0 Å². The lowest BCUT2D eigenvalue weighted by Gasteiger charge is -2.15. The standard InChI is InChI=1S/C9H8NO2S/c1-8(11)12-10(7-13)9-5-3-2-4-6-9/h2-6H,1H3. The van der Waals surface area contributed by atoms with E-state index in [1.54, 1.807) is 12.1 Å². The fourth-order valence-electron chi connectivity index (χ4n) is 0.816. The number of nitrogens with zero attached hydrogens (tertiary/aromatic N) is 1. The highest BCUT2D eigenvalue weighted by atomic mass is 32.1. The molecule has 13 heavy (non-hydrogen) atoms. The van der Waals surface area contributed by atoms with E-state index in [1.165, 1.54) is 6.92 Å². The van der Waals surface area contributed by atoms with Gasteiger partial charge < -0.3 is 4.84 Å². The number of carbonyl (C=O) groups excluding carboxylic acids is 1. The molecule has 67 valence electrons. The third kappa shape index (κ3) is 2.83. The van der Waals surface area contributed by atoms with E-state index >= 15 is 0 Å². The van der Waals surface area contributed by atoms with Crippen LogP contribution in [0, 0.1) is 0 Å². The summed E-state index contributed by atoms with van der Waals surface area (Å²) in [4.78, 5) is 15.4. The Labute approximate surface area is 81.9 Å². The number of hydroxylamine groups is 1. The Kier molecular flexibility index (Phi) is 3.40. The second-order valence-corrected chi connectivity index (χ2v) is 2.49.